The number of carbonyl (C=O) groups excluding carboxylic acids is 1. The molecule has 0 aliphatic carbocycles. The Labute approximate surface area is 225 Å². The zero-order valence-electron chi connectivity index (χ0n) is 21.7. The first-order valence-electron chi connectivity index (χ1n) is 13.1. The summed E-state index contributed by atoms with van der Waals surface area (Å²) in [6, 6.07) is 23.9. The number of hydrogen-bond donors (Lipinski definition) is 1. The molecule has 4 aromatic rings. The van der Waals surface area contributed by atoms with Crippen LogP contribution in [0.2, 0.25) is 0 Å². The maximum Gasteiger partial charge on any atom is 0.411 e. The number of nitrogens with zero attached hydrogens (tertiary/aromatic N) is 4. The van der Waals surface area contributed by atoms with E-state index in [1.54, 1.807) is 28.5 Å². The number of carbonyl (C=O) groups is 1. The molecule has 5 rings (SSSR count). The molecule has 2 unspecified atom stereocenters. The fourth-order valence-electron chi connectivity index (χ4n) is 5.40. The van der Waals surface area contributed by atoms with Crippen LogP contribution in [-0.2, 0) is 17.8 Å². The van der Waals surface area contributed by atoms with Gasteiger partial charge >= 0.3 is 11.8 Å². The van der Waals surface area contributed by atoms with Gasteiger partial charge in [0, 0.05) is 44.2 Å². The van der Waals surface area contributed by atoms with Gasteiger partial charge in [-0.25, -0.2) is 9.59 Å². The molecule has 2 heterocycles. The van der Waals surface area contributed by atoms with Crippen molar-refractivity contribution < 1.29 is 14.5 Å². The second kappa shape index (κ2) is 11.5. The van der Waals surface area contributed by atoms with Crippen LogP contribution in [0.3, 0.4) is 0 Å². The molecule has 0 spiro atoms. The molecule has 1 aliphatic heterocycles. The molecule has 1 saturated heterocycles. The van der Waals surface area contributed by atoms with E-state index >= 15 is 0 Å². The lowest BCUT2D eigenvalue weighted by Crippen LogP contribution is -2.55. The van der Waals surface area contributed by atoms with Gasteiger partial charge in [0.2, 0.25) is 0 Å². The number of non-ortho nitro benzene ring substituents is 1. The molecule has 3 aromatic carbocycles. The Morgan fingerprint density at radius 1 is 1.03 bits per heavy atom. The van der Waals surface area contributed by atoms with Gasteiger partial charge < -0.3 is 9.72 Å². The molecule has 0 saturated carbocycles. The zero-order chi connectivity index (χ0) is 27.4. The Morgan fingerprint density at radius 2 is 1.69 bits per heavy atom. The Hall–Kier alpha value is -4.44. The van der Waals surface area contributed by atoms with Crippen molar-refractivity contribution in [1.82, 2.24) is 19.4 Å². The smallest absolute Gasteiger partial charge is 0.411 e. The van der Waals surface area contributed by atoms with Crippen LogP contribution in [0.25, 0.3) is 11.0 Å². The third kappa shape index (κ3) is 5.70. The van der Waals surface area contributed by atoms with Crippen LogP contribution in [0.4, 0.5) is 10.5 Å². The third-order valence-corrected chi connectivity index (χ3v) is 7.22. The van der Waals surface area contributed by atoms with Gasteiger partial charge in [-0.05, 0) is 36.6 Å². The number of H-pyrrole nitrogens is 1. The van der Waals surface area contributed by atoms with Crippen molar-refractivity contribution >= 4 is 22.8 Å². The van der Waals surface area contributed by atoms with Gasteiger partial charge in [-0.3, -0.25) is 24.5 Å². The first-order valence-corrected chi connectivity index (χ1v) is 13.1. The molecular formula is C29H31N5O5. The summed E-state index contributed by atoms with van der Waals surface area (Å²) in [5.74, 6) is 0. The number of ether oxygens (including phenoxy) is 1. The number of nitro groups is 1. The van der Waals surface area contributed by atoms with Gasteiger partial charge in [0.15, 0.2) is 0 Å². The Bertz CT molecular complexity index is 1500. The number of aromatic nitrogens is 2. The van der Waals surface area contributed by atoms with Crippen LogP contribution in [0.15, 0.2) is 83.7 Å². The Balaban J connectivity index is 1.52. The highest BCUT2D eigenvalue weighted by Crippen LogP contribution is 2.32. The molecular weight excluding hydrogens is 498 g/mol. The van der Waals surface area contributed by atoms with Crippen molar-refractivity contribution in [3.63, 3.8) is 0 Å². The first kappa shape index (κ1) is 26.2. The average molecular weight is 530 g/mol. The summed E-state index contributed by atoms with van der Waals surface area (Å²) in [6.07, 6.45) is 0.349. The second-order valence-corrected chi connectivity index (χ2v) is 9.68. The van der Waals surface area contributed by atoms with Gasteiger partial charge in [0.05, 0.1) is 28.7 Å². The molecule has 1 fully saturated rings. The van der Waals surface area contributed by atoms with Gasteiger partial charge in [-0.2, -0.15) is 0 Å². The molecule has 202 valence electrons. The van der Waals surface area contributed by atoms with E-state index in [4.69, 9.17) is 4.74 Å². The number of rotatable bonds is 8. The standard InChI is InChI=1S/C29H31N5O5/c1-2-39-29(36)32-17-16-24(33-26-11-7-6-10-25(26)30-28(33)35)18-27(32)31(19-21-8-4-3-5-9-21)20-22-12-14-23(15-13-22)34(37)38/h3-15,24,27H,2,16-20H2,1H3,(H,30,35). The number of aromatic amines is 1. The molecule has 10 nitrogen and oxygen atoms in total. The minimum absolute atomic E-state index is 0.0259. The lowest BCUT2D eigenvalue weighted by molar-refractivity contribution is -0.384. The molecule has 0 radical (unpaired) electrons. The van der Waals surface area contributed by atoms with Crippen LogP contribution < -0.4 is 5.69 Å². The summed E-state index contributed by atoms with van der Waals surface area (Å²) in [7, 11) is 0. The Morgan fingerprint density at radius 3 is 2.38 bits per heavy atom. The predicted octanol–water partition coefficient (Wildman–Crippen LogP) is 5.06. The summed E-state index contributed by atoms with van der Waals surface area (Å²) in [6.45, 7) is 3.45. The maximum atomic E-state index is 13.1. The van der Waals surface area contributed by atoms with Crippen LogP contribution in [-0.4, -0.2) is 49.7 Å². The monoisotopic (exact) mass is 529 g/mol. The van der Waals surface area contributed by atoms with Crippen LogP contribution in [0, 0.1) is 10.1 Å². The van der Waals surface area contributed by atoms with Crippen molar-refractivity contribution in [2.24, 2.45) is 0 Å². The predicted molar refractivity (Wildman–Crippen MR) is 147 cm³/mol. The van der Waals surface area contributed by atoms with Gasteiger partial charge in [-0.1, -0.05) is 54.6 Å². The van der Waals surface area contributed by atoms with Crippen molar-refractivity contribution in [2.75, 3.05) is 13.2 Å². The minimum atomic E-state index is -0.418. The first-order chi connectivity index (χ1) is 18.9. The molecule has 1 amide bonds. The summed E-state index contributed by atoms with van der Waals surface area (Å²) in [4.78, 5) is 43.8. The number of likely N-dealkylation sites (tertiary alicyclic amines) is 1. The van der Waals surface area contributed by atoms with Gasteiger partial charge in [0.25, 0.3) is 5.69 Å². The number of para-hydroxylation sites is 2. The van der Waals surface area contributed by atoms with Crippen LogP contribution in [0.5, 0.6) is 0 Å². The largest absolute Gasteiger partial charge is 0.450 e. The molecule has 1 N–H and O–H groups in total. The SMILES string of the molecule is CCOC(=O)N1CCC(n2c(=O)[nH]c3ccccc32)CC1N(Cc1ccccc1)Cc1ccc([N+](=O)[O-])cc1. The highest BCUT2D eigenvalue weighted by molar-refractivity contribution is 5.75. The summed E-state index contributed by atoms with van der Waals surface area (Å²) < 4.78 is 7.24. The van der Waals surface area contributed by atoms with E-state index in [0.717, 1.165) is 22.2 Å². The lowest BCUT2D eigenvalue weighted by Gasteiger charge is -2.44. The number of nitro benzene ring substituents is 1. The van der Waals surface area contributed by atoms with E-state index in [-0.39, 0.29) is 30.2 Å². The summed E-state index contributed by atoms with van der Waals surface area (Å²) >= 11 is 0. The molecule has 1 aromatic heterocycles. The van der Waals surface area contributed by atoms with Crippen molar-refractivity contribution in [3.8, 4) is 0 Å². The van der Waals surface area contributed by atoms with E-state index in [1.165, 1.54) is 12.1 Å². The van der Waals surface area contributed by atoms with E-state index in [9.17, 15) is 19.7 Å². The quantitative estimate of drug-likeness (QED) is 0.252. The molecule has 0 bridgehead atoms. The highest BCUT2D eigenvalue weighted by atomic mass is 16.6. The maximum absolute atomic E-state index is 13.1. The number of hydrogen-bond acceptors (Lipinski definition) is 6. The molecule has 39 heavy (non-hydrogen) atoms. The van der Waals surface area contributed by atoms with Crippen molar-refractivity contribution in [2.45, 2.75) is 45.1 Å². The van der Waals surface area contributed by atoms with E-state index in [1.807, 2.05) is 54.6 Å². The molecule has 10 heteroatoms. The topological polar surface area (TPSA) is 114 Å². The number of imidazole rings is 1. The fourth-order valence-corrected chi connectivity index (χ4v) is 5.40. The molecule has 2 atom stereocenters. The molecule has 1 aliphatic rings. The minimum Gasteiger partial charge on any atom is -0.450 e. The summed E-state index contributed by atoms with van der Waals surface area (Å²) in [5, 5.41) is 11.2. The second-order valence-electron chi connectivity index (χ2n) is 9.68. The fraction of sp³-hybridized carbons (Fsp3) is 0.310. The number of benzene rings is 3. The zero-order valence-corrected chi connectivity index (χ0v) is 21.7. The Kier molecular flexibility index (Phi) is 7.74. The van der Waals surface area contributed by atoms with Crippen molar-refractivity contribution in [1.29, 1.82) is 0 Å². The van der Waals surface area contributed by atoms with Crippen LogP contribution >= 0.6 is 0 Å². The van der Waals surface area contributed by atoms with Crippen LogP contribution in [0.1, 0.15) is 36.9 Å². The highest BCUT2D eigenvalue weighted by Gasteiger charge is 2.38. The van der Waals surface area contributed by atoms with E-state index < -0.39 is 11.0 Å². The number of amides is 1. The summed E-state index contributed by atoms with van der Waals surface area (Å²) in [5.41, 5.74) is 3.41. The van der Waals surface area contributed by atoms with Gasteiger partial charge in [-0.15, -0.1) is 0 Å². The lowest BCUT2D eigenvalue weighted by atomic mass is 9.99. The van der Waals surface area contributed by atoms with Crippen molar-refractivity contribution in [3.05, 3.63) is 111 Å². The number of fused-ring (bicyclic) bond motifs is 1. The van der Waals surface area contributed by atoms with E-state index in [2.05, 4.69) is 9.88 Å². The normalized spacial score (nSPS) is 17.4. The average Bonchev–Trinajstić information content (AvgIpc) is 3.29. The third-order valence-electron chi connectivity index (χ3n) is 7.22. The van der Waals surface area contributed by atoms with Gasteiger partial charge in [0.1, 0.15) is 0 Å². The number of nitrogens with one attached hydrogen (secondary N) is 1. The number of piperidine rings is 1. The van der Waals surface area contributed by atoms with E-state index in [0.29, 0.717) is 32.5 Å².